The summed E-state index contributed by atoms with van der Waals surface area (Å²) in [6.45, 7) is 8.20. The van der Waals surface area contributed by atoms with E-state index < -0.39 is 0 Å². The molecule has 0 saturated carbocycles. The lowest BCUT2D eigenvalue weighted by atomic mass is 10.2. The predicted molar refractivity (Wildman–Crippen MR) is 78.9 cm³/mol. The fourth-order valence-corrected chi connectivity index (χ4v) is 2.38. The molecule has 0 bridgehead atoms. The van der Waals surface area contributed by atoms with Gasteiger partial charge in [0, 0.05) is 25.7 Å². The summed E-state index contributed by atoms with van der Waals surface area (Å²) in [5.41, 5.74) is 2.21. The molecular weight excluding hydrogens is 268 g/mol. The lowest BCUT2D eigenvalue weighted by Gasteiger charge is -2.07. The molecule has 0 aliphatic carbocycles. The zero-order valence-electron chi connectivity index (χ0n) is 13.4. The van der Waals surface area contributed by atoms with Crippen molar-refractivity contribution in [2.24, 2.45) is 14.1 Å². The summed E-state index contributed by atoms with van der Waals surface area (Å²) in [6.07, 6.45) is 0. The number of hydrogen-bond acceptors (Lipinski definition) is 4. The van der Waals surface area contributed by atoms with E-state index in [1.54, 1.807) is 4.68 Å². The van der Waals surface area contributed by atoms with E-state index in [-0.39, 0.29) is 5.91 Å². The highest BCUT2D eigenvalue weighted by Crippen LogP contribution is 2.13. The molecule has 0 saturated heterocycles. The number of carbonyl (C=O) groups excluding carboxylic acids is 1. The Hall–Kier alpha value is -2.18. The van der Waals surface area contributed by atoms with Crippen LogP contribution in [0.15, 0.2) is 0 Å². The fourth-order valence-electron chi connectivity index (χ4n) is 2.38. The lowest BCUT2D eigenvalue weighted by molar-refractivity contribution is 0.0948. The molecule has 0 atom stereocenters. The Labute approximate surface area is 124 Å². The Kier molecular flexibility index (Phi) is 4.11. The number of nitrogens with zero attached hydrogens (tertiary/aromatic N) is 5. The van der Waals surface area contributed by atoms with Gasteiger partial charge < -0.3 is 9.88 Å². The maximum absolute atomic E-state index is 12.3. The van der Waals surface area contributed by atoms with Gasteiger partial charge in [-0.2, -0.15) is 5.10 Å². The van der Waals surface area contributed by atoms with Gasteiger partial charge in [0.15, 0.2) is 5.82 Å². The van der Waals surface area contributed by atoms with Gasteiger partial charge in [-0.25, -0.2) is 0 Å². The van der Waals surface area contributed by atoms with E-state index in [1.807, 2.05) is 32.5 Å². The summed E-state index contributed by atoms with van der Waals surface area (Å²) in [4.78, 5) is 12.3. The van der Waals surface area contributed by atoms with Crippen molar-refractivity contribution >= 4 is 5.91 Å². The Bertz CT molecular complexity index is 667. The first-order valence-corrected chi connectivity index (χ1v) is 6.99. The summed E-state index contributed by atoms with van der Waals surface area (Å²) in [6, 6.07) is 0. The SMILES string of the molecule is Cc1nn(C)c(C)c1C(=O)NCc1nnc(C(C)C)n1C. The molecule has 114 valence electrons. The number of carbonyl (C=O) groups is 1. The van der Waals surface area contributed by atoms with Gasteiger partial charge in [-0.05, 0) is 13.8 Å². The van der Waals surface area contributed by atoms with Gasteiger partial charge >= 0.3 is 0 Å². The highest BCUT2D eigenvalue weighted by Gasteiger charge is 2.18. The highest BCUT2D eigenvalue weighted by molar-refractivity contribution is 5.96. The van der Waals surface area contributed by atoms with Crippen molar-refractivity contribution in [1.29, 1.82) is 0 Å². The molecule has 2 aromatic rings. The van der Waals surface area contributed by atoms with Crippen molar-refractivity contribution in [3.8, 4) is 0 Å². The third kappa shape index (κ3) is 2.81. The second-order valence-corrected chi connectivity index (χ2v) is 5.54. The number of rotatable bonds is 4. The second kappa shape index (κ2) is 5.67. The highest BCUT2D eigenvalue weighted by atomic mass is 16.1. The largest absolute Gasteiger partial charge is 0.345 e. The maximum atomic E-state index is 12.3. The minimum atomic E-state index is -0.132. The van der Waals surface area contributed by atoms with Crippen molar-refractivity contribution in [2.45, 2.75) is 40.2 Å². The number of aryl methyl sites for hydroxylation is 2. The van der Waals surface area contributed by atoms with Crippen molar-refractivity contribution in [3.05, 3.63) is 28.6 Å². The first kappa shape index (κ1) is 15.2. The minimum Gasteiger partial charge on any atom is -0.345 e. The van der Waals surface area contributed by atoms with Gasteiger partial charge in [0.2, 0.25) is 0 Å². The Morgan fingerprint density at radius 2 is 1.90 bits per heavy atom. The van der Waals surface area contributed by atoms with Crippen LogP contribution in [0.1, 0.15) is 53.2 Å². The van der Waals surface area contributed by atoms with Crippen LogP contribution in [0.25, 0.3) is 0 Å². The van der Waals surface area contributed by atoms with E-state index in [4.69, 9.17) is 0 Å². The van der Waals surface area contributed by atoms with Crippen molar-refractivity contribution < 1.29 is 4.79 Å². The Morgan fingerprint density at radius 1 is 1.24 bits per heavy atom. The van der Waals surface area contributed by atoms with Crippen LogP contribution in [0.4, 0.5) is 0 Å². The third-order valence-electron chi connectivity index (χ3n) is 3.66. The average Bonchev–Trinajstić information content (AvgIpc) is 2.88. The van der Waals surface area contributed by atoms with Crippen molar-refractivity contribution in [2.75, 3.05) is 0 Å². The van der Waals surface area contributed by atoms with Crippen LogP contribution >= 0.6 is 0 Å². The molecule has 2 rings (SSSR count). The van der Waals surface area contributed by atoms with Crippen LogP contribution in [0.3, 0.4) is 0 Å². The Balaban J connectivity index is 2.11. The summed E-state index contributed by atoms with van der Waals surface area (Å²) in [5.74, 6) is 1.82. The number of hydrogen-bond donors (Lipinski definition) is 1. The van der Waals surface area contributed by atoms with Gasteiger partial charge in [-0.15, -0.1) is 10.2 Å². The zero-order valence-corrected chi connectivity index (χ0v) is 13.4. The van der Waals surface area contributed by atoms with Gasteiger partial charge in [-0.3, -0.25) is 9.48 Å². The molecule has 0 unspecified atom stereocenters. The van der Waals surface area contributed by atoms with E-state index >= 15 is 0 Å². The van der Waals surface area contributed by atoms with E-state index in [9.17, 15) is 4.79 Å². The zero-order chi connectivity index (χ0) is 15.7. The van der Waals surface area contributed by atoms with E-state index in [0.29, 0.717) is 18.0 Å². The van der Waals surface area contributed by atoms with Crippen molar-refractivity contribution in [1.82, 2.24) is 29.9 Å². The quantitative estimate of drug-likeness (QED) is 0.918. The molecule has 1 N–H and O–H groups in total. The molecule has 0 fully saturated rings. The van der Waals surface area contributed by atoms with Crippen molar-refractivity contribution in [3.63, 3.8) is 0 Å². The van der Waals surface area contributed by atoms with Crippen LogP contribution < -0.4 is 5.32 Å². The van der Waals surface area contributed by atoms with E-state index in [2.05, 4.69) is 34.5 Å². The van der Waals surface area contributed by atoms with Gasteiger partial charge in [0.1, 0.15) is 5.82 Å². The van der Waals surface area contributed by atoms with E-state index in [0.717, 1.165) is 23.0 Å². The predicted octanol–water partition coefficient (Wildman–Crippen LogP) is 1.22. The monoisotopic (exact) mass is 290 g/mol. The number of nitrogens with one attached hydrogen (secondary N) is 1. The molecule has 0 aliphatic rings. The van der Waals surface area contributed by atoms with Crippen LogP contribution in [0.2, 0.25) is 0 Å². The first-order chi connectivity index (χ1) is 9.82. The average molecular weight is 290 g/mol. The summed E-state index contributed by atoms with van der Waals surface area (Å²) in [5, 5.41) is 15.4. The normalized spacial score (nSPS) is 11.2. The molecular formula is C14H22N6O. The van der Waals surface area contributed by atoms with Crippen LogP contribution in [-0.4, -0.2) is 30.5 Å². The smallest absolute Gasteiger partial charge is 0.255 e. The Morgan fingerprint density at radius 3 is 2.38 bits per heavy atom. The van der Waals surface area contributed by atoms with Crippen LogP contribution in [0.5, 0.6) is 0 Å². The molecule has 2 heterocycles. The van der Waals surface area contributed by atoms with Gasteiger partial charge in [-0.1, -0.05) is 13.8 Å². The maximum Gasteiger partial charge on any atom is 0.255 e. The standard InChI is InChI=1S/C14H22N6O/c1-8(2)13-17-16-11(19(13)5)7-15-14(21)12-9(3)18-20(6)10(12)4/h8H,7H2,1-6H3,(H,15,21). The van der Waals surface area contributed by atoms with E-state index in [1.165, 1.54) is 0 Å². The van der Waals surface area contributed by atoms with Gasteiger partial charge in [0.25, 0.3) is 5.91 Å². The fraction of sp³-hybridized carbons (Fsp3) is 0.571. The molecule has 2 aromatic heterocycles. The first-order valence-electron chi connectivity index (χ1n) is 6.99. The number of aromatic nitrogens is 5. The van der Waals surface area contributed by atoms with Gasteiger partial charge in [0.05, 0.1) is 17.8 Å². The molecule has 1 amide bonds. The molecule has 0 aliphatic heterocycles. The molecule has 0 radical (unpaired) electrons. The molecule has 0 aromatic carbocycles. The minimum absolute atomic E-state index is 0.132. The topological polar surface area (TPSA) is 77.6 Å². The summed E-state index contributed by atoms with van der Waals surface area (Å²) in [7, 11) is 3.74. The van der Waals surface area contributed by atoms with Crippen LogP contribution in [0, 0.1) is 13.8 Å². The van der Waals surface area contributed by atoms with Crippen LogP contribution in [-0.2, 0) is 20.6 Å². The number of amides is 1. The second-order valence-electron chi connectivity index (χ2n) is 5.54. The molecule has 21 heavy (non-hydrogen) atoms. The summed E-state index contributed by atoms with van der Waals surface area (Å²) >= 11 is 0. The summed E-state index contributed by atoms with van der Waals surface area (Å²) < 4.78 is 3.64. The molecule has 7 nitrogen and oxygen atoms in total. The third-order valence-corrected chi connectivity index (χ3v) is 3.66. The molecule has 7 heteroatoms. The lowest BCUT2D eigenvalue weighted by Crippen LogP contribution is -2.25. The molecule has 0 spiro atoms.